The monoisotopic (exact) mass is 298 g/mol. The van der Waals surface area contributed by atoms with Crippen molar-refractivity contribution in [3.05, 3.63) is 28.8 Å². The molecule has 0 saturated heterocycles. The summed E-state index contributed by atoms with van der Waals surface area (Å²) in [5.41, 5.74) is 2.48. The fraction of sp³-hybridized carbons (Fsp3) is 0.222. The maximum atomic E-state index is 5.35. The first-order valence-electron chi connectivity index (χ1n) is 4.77. The molecule has 0 spiro atoms. The molecule has 0 atom stereocenters. The summed E-state index contributed by atoms with van der Waals surface area (Å²) < 4.78 is 7.48. The van der Waals surface area contributed by atoms with Crippen molar-refractivity contribution in [3.8, 4) is 5.82 Å². The number of nitrogens with two attached hydrogens (primary N) is 1. The zero-order chi connectivity index (χ0) is 12.3. The Morgan fingerprint density at radius 2 is 2.35 bits per heavy atom. The van der Waals surface area contributed by atoms with Gasteiger partial charge in [0.2, 0.25) is 0 Å². The largest absolute Gasteiger partial charge is 0.377 e. The predicted molar refractivity (Wildman–Crippen MR) is 65.4 cm³/mol. The van der Waals surface area contributed by atoms with E-state index in [1.165, 1.54) is 0 Å². The van der Waals surface area contributed by atoms with E-state index in [1.807, 2.05) is 0 Å². The summed E-state index contributed by atoms with van der Waals surface area (Å²) in [6, 6.07) is 1.69. The molecule has 2 aromatic rings. The molecule has 0 radical (unpaired) electrons. The summed E-state index contributed by atoms with van der Waals surface area (Å²) in [6.07, 6.45) is 3.47. The molecule has 0 unspecified atom stereocenters. The average Bonchev–Trinajstić information content (AvgIpc) is 2.76. The first-order chi connectivity index (χ1) is 8.22. The van der Waals surface area contributed by atoms with Gasteiger partial charge in [0.15, 0.2) is 11.6 Å². The number of halogens is 1. The van der Waals surface area contributed by atoms with Crippen LogP contribution in [-0.2, 0) is 11.3 Å². The number of hydrogen-bond acceptors (Lipinski definition) is 6. The van der Waals surface area contributed by atoms with Gasteiger partial charge in [0.1, 0.15) is 12.4 Å². The number of hydrazine groups is 1. The SMILES string of the molecule is COCc1nc(NN)cc(-n2cc(Br)cn2)n1. The van der Waals surface area contributed by atoms with Gasteiger partial charge < -0.3 is 10.2 Å². The Hall–Kier alpha value is -1.51. The topological polar surface area (TPSA) is 90.9 Å². The fourth-order valence-corrected chi connectivity index (χ4v) is 1.58. The fourth-order valence-electron chi connectivity index (χ4n) is 1.29. The maximum Gasteiger partial charge on any atom is 0.159 e. The summed E-state index contributed by atoms with van der Waals surface area (Å²) in [6.45, 7) is 0.310. The van der Waals surface area contributed by atoms with E-state index < -0.39 is 0 Å². The molecule has 0 amide bonds. The first-order valence-corrected chi connectivity index (χ1v) is 5.56. The minimum absolute atomic E-state index is 0.310. The smallest absolute Gasteiger partial charge is 0.159 e. The molecule has 0 aliphatic heterocycles. The molecule has 2 rings (SSSR count). The highest BCUT2D eigenvalue weighted by atomic mass is 79.9. The van der Waals surface area contributed by atoms with Crippen molar-refractivity contribution in [2.45, 2.75) is 6.61 Å². The number of rotatable bonds is 4. The molecule has 0 aromatic carbocycles. The molecule has 0 aliphatic rings. The Balaban J connectivity index is 2.42. The molecule has 2 heterocycles. The average molecular weight is 299 g/mol. The summed E-state index contributed by atoms with van der Waals surface area (Å²) in [7, 11) is 1.58. The molecule has 2 aromatic heterocycles. The van der Waals surface area contributed by atoms with Crippen LogP contribution in [-0.4, -0.2) is 26.9 Å². The van der Waals surface area contributed by atoms with Gasteiger partial charge in [-0.3, -0.25) is 0 Å². The van der Waals surface area contributed by atoms with Gasteiger partial charge in [-0.1, -0.05) is 0 Å². The number of aromatic nitrogens is 4. The Morgan fingerprint density at radius 1 is 1.53 bits per heavy atom. The molecule has 0 bridgehead atoms. The third-order valence-corrected chi connectivity index (χ3v) is 2.38. The number of methoxy groups -OCH3 is 1. The van der Waals surface area contributed by atoms with Crippen LogP contribution in [0, 0.1) is 0 Å². The quantitative estimate of drug-likeness (QED) is 0.642. The van der Waals surface area contributed by atoms with Crippen LogP contribution in [0.4, 0.5) is 5.82 Å². The van der Waals surface area contributed by atoms with Crippen molar-refractivity contribution in [2.24, 2.45) is 5.84 Å². The van der Waals surface area contributed by atoms with E-state index in [2.05, 4.69) is 36.4 Å². The van der Waals surface area contributed by atoms with Crippen molar-refractivity contribution in [3.63, 3.8) is 0 Å². The minimum Gasteiger partial charge on any atom is -0.377 e. The molecule has 0 aliphatic carbocycles. The second-order valence-electron chi connectivity index (χ2n) is 3.21. The summed E-state index contributed by atoms with van der Waals surface area (Å²) in [5.74, 6) is 7.00. The molecule has 8 heteroatoms. The van der Waals surface area contributed by atoms with E-state index in [9.17, 15) is 0 Å². The zero-order valence-electron chi connectivity index (χ0n) is 9.09. The third-order valence-electron chi connectivity index (χ3n) is 1.97. The summed E-state index contributed by atoms with van der Waals surface area (Å²) >= 11 is 3.32. The van der Waals surface area contributed by atoms with Gasteiger partial charge in [0.25, 0.3) is 0 Å². The predicted octanol–water partition coefficient (Wildman–Crippen LogP) is 0.857. The number of nitrogens with one attached hydrogen (secondary N) is 1. The van der Waals surface area contributed by atoms with Crippen LogP contribution >= 0.6 is 15.9 Å². The van der Waals surface area contributed by atoms with Crippen molar-refractivity contribution in [2.75, 3.05) is 12.5 Å². The highest BCUT2D eigenvalue weighted by molar-refractivity contribution is 9.10. The van der Waals surface area contributed by atoms with E-state index >= 15 is 0 Å². The van der Waals surface area contributed by atoms with Gasteiger partial charge in [-0.15, -0.1) is 0 Å². The molecular weight excluding hydrogens is 288 g/mol. The van der Waals surface area contributed by atoms with E-state index in [0.29, 0.717) is 24.1 Å². The molecule has 90 valence electrons. The van der Waals surface area contributed by atoms with Gasteiger partial charge in [0, 0.05) is 19.4 Å². The standard InChI is InChI=1S/C9H11BrN6O/c1-17-5-8-13-7(15-11)2-9(14-8)16-4-6(10)3-12-16/h2-4H,5,11H2,1H3,(H,13,14,15). The van der Waals surface area contributed by atoms with Gasteiger partial charge in [0.05, 0.1) is 10.7 Å². The van der Waals surface area contributed by atoms with Crippen molar-refractivity contribution >= 4 is 21.7 Å². The lowest BCUT2D eigenvalue weighted by Gasteiger charge is -2.06. The highest BCUT2D eigenvalue weighted by Gasteiger charge is 2.06. The van der Waals surface area contributed by atoms with Crippen LogP contribution in [0.2, 0.25) is 0 Å². The second kappa shape index (κ2) is 5.21. The highest BCUT2D eigenvalue weighted by Crippen LogP contribution is 2.13. The van der Waals surface area contributed by atoms with Crippen LogP contribution in [0.25, 0.3) is 5.82 Å². The zero-order valence-corrected chi connectivity index (χ0v) is 10.7. The van der Waals surface area contributed by atoms with Crippen LogP contribution in [0.1, 0.15) is 5.82 Å². The van der Waals surface area contributed by atoms with Crippen LogP contribution < -0.4 is 11.3 Å². The van der Waals surface area contributed by atoms with E-state index in [4.69, 9.17) is 10.6 Å². The molecule has 0 saturated carbocycles. The molecule has 7 nitrogen and oxygen atoms in total. The van der Waals surface area contributed by atoms with Crippen LogP contribution in [0.3, 0.4) is 0 Å². The molecule has 0 fully saturated rings. The molecular formula is C9H11BrN6O. The van der Waals surface area contributed by atoms with Gasteiger partial charge in [-0.05, 0) is 15.9 Å². The van der Waals surface area contributed by atoms with Crippen LogP contribution in [0.5, 0.6) is 0 Å². The first kappa shape index (κ1) is 12.0. The lowest BCUT2D eigenvalue weighted by molar-refractivity contribution is 0.178. The lowest BCUT2D eigenvalue weighted by atomic mass is 10.5. The second-order valence-corrected chi connectivity index (χ2v) is 4.12. The Kier molecular flexibility index (Phi) is 3.67. The van der Waals surface area contributed by atoms with Gasteiger partial charge in [-0.2, -0.15) is 5.10 Å². The number of nitrogens with zero attached hydrogens (tertiary/aromatic N) is 4. The number of ether oxygens (including phenoxy) is 1. The van der Waals surface area contributed by atoms with Crippen molar-refractivity contribution in [1.82, 2.24) is 19.7 Å². The molecule has 17 heavy (non-hydrogen) atoms. The summed E-state index contributed by atoms with van der Waals surface area (Å²) in [5, 5.41) is 4.13. The van der Waals surface area contributed by atoms with E-state index in [1.54, 1.807) is 30.3 Å². The van der Waals surface area contributed by atoms with Crippen molar-refractivity contribution < 1.29 is 4.74 Å². The number of hydrogen-bond donors (Lipinski definition) is 2. The third kappa shape index (κ3) is 2.78. The van der Waals surface area contributed by atoms with Gasteiger partial charge in [-0.25, -0.2) is 20.5 Å². The normalized spacial score (nSPS) is 10.5. The maximum absolute atomic E-state index is 5.35. The number of nitrogen functional groups attached to an aromatic ring is 1. The van der Waals surface area contributed by atoms with E-state index in [-0.39, 0.29) is 0 Å². The molecule has 3 N–H and O–H groups in total. The van der Waals surface area contributed by atoms with Gasteiger partial charge >= 0.3 is 0 Å². The Morgan fingerprint density at radius 3 is 2.94 bits per heavy atom. The minimum atomic E-state index is 0.310. The summed E-state index contributed by atoms with van der Waals surface area (Å²) in [4.78, 5) is 8.45. The number of anilines is 1. The Bertz CT molecular complexity index is 514. The van der Waals surface area contributed by atoms with Crippen molar-refractivity contribution in [1.29, 1.82) is 0 Å². The Labute approximate surface area is 106 Å². The van der Waals surface area contributed by atoms with E-state index in [0.717, 1.165) is 4.47 Å². The van der Waals surface area contributed by atoms with Crippen LogP contribution in [0.15, 0.2) is 22.9 Å². The lowest BCUT2D eigenvalue weighted by Crippen LogP contribution is -2.13.